The molecule has 2 aromatic carbocycles. The number of ether oxygens (including phenoxy) is 1. The van der Waals surface area contributed by atoms with Gasteiger partial charge in [0.1, 0.15) is 11.4 Å². The minimum Gasteiger partial charge on any atom is -0.481 e. The highest BCUT2D eigenvalue weighted by Crippen LogP contribution is 2.26. The number of hydrogen-bond donors (Lipinski definition) is 1. The van der Waals surface area contributed by atoms with Gasteiger partial charge in [0.25, 0.3) is 5.91 Å². The number of carbonyl (C=O) groups excluding carboxylic acids is 1. The lowest BCUT2D eigenvalue weighted by molar-refractivity contribution is 0.102. The number of thiocarbonyl (C=S) groups is 1. The summed E-state index contributed by atoms with van der Waals surface area (Å²) < 4.78 is 19.8. The molecule has 0 fully saturated rings. The molecule has 3 nitrogen and oxygen atoms in total. The summed E-state index contributed by atoms with van der Waals surface area (Å²) in [5, 5.41) is 3.14. The van der Waals surface area contributed by atoms with Gasteiger partial charge in [-0.3, -0.25) is 4.79 Å². The molecule has 0 radical (unpaired) electrons. The molecule has 6 heteroatoms. The van der Waals surface area contributed by atoms with E-state index in [9.17, 15) is 9.18 Å². The monoisotopic (exact) mass is 379 g/mol. The number of nitrogens with one attached hydrogen (secondary N) is 1. The van der Waals surface area contributed by atoms with Crippen molar-refractivity contribution in [1.29, 1.82) is 0 Å². The van der Waals surface area contributed by atoms with E-state index < -0.39 is 17.3 Å². The molecule has 1 amide bonds. The van der Waals surface area contributed by atoms with E-state index >= 15 is 0 Å². The largest absolute Gasteiger partial charge is 0.481 e. The van der Waals surface area contributed by atoms with Crippen molar-refractivity contribution in [3.63, 3.8) is 0 Å². The Hall–Kier alpha value is -1.98. The number of hydrogen-bond acceptors (Lipinski definition) is 3. The predicted octanol–water partition coefficient (Wildman–Crippen LogP) is 5.42. The Morgan fingerprint density at radius 3 is 2.48 bits per heavy atom. The van der Waals surface area contributed by atoms with Crippen LogP contribution in [0.15, 0.2) is 42.5 Å². The molecule has 0 aliphatic rings. The topological polar surface area (TPSA) is 38.3 Å². The molecule has 25 heavy (non-hydrogen) atoms. The van der Waals surface area contributed by atoms with Gasteiger partial charge in [-0.1, -0.05) is 29.8 Å². The SMILES string of the molecule is CC(C)(C)OC(=S)Cc1cc(NC(=O)c2ccccc2)c(F)cc1Cl. The summed E-state index contributed by atoms with van der Waals surface area (Å²) >= 11 is 11.3. The van der Waals surface area contributed by atoms with Crippen LogP contribution in [0.1, 0.15) is 36.7 Å². The fourth-order valence-corrected chi connectivity index (χ4v) is 2.76. The summed E-state index contributed by atoms with van der Waals surface area (Å²) in [4.78, 5) is 12.2. The maximum absolute atomic E-state index is 14.2. The third-order valence-corrected chi connectivity index (χ3v) is 3.75. The Bertz CT molecular complexity index is 788. The van der Waals surface area contributed by atoms with Gasteiger partial charge in [0.05, 0.1) is 5.69 Å². The molecule has 0 spiro atoms. The van der Waals surface area contributed by atoms with Gasteiger partial charge in [0.15, 0.2) is 5.05 Å². The Balaban J connectivity index is 2.20. The first kappa shape index (κ1) is 19.3. The van der Waals surface area contributed by atoms with E-state index in [0.717, 1.165) is 6.07 Å². The van der Waals surface area contributed by atoms with Gasteiger partial charge >= 0.3 is 0 Å². The lowest BCUT2D eigenvalue weighted by atomic mass is 10.1. The van der Waals surface area contributed by atoms with Crippen LogP contribution in [-0.4, -0.2) is 16.6 Å². The molecule has 0 saturated carbocycles. The van der Waals surface area contributed by atoms with Crippen molar-refractivity contribution in [2.45, 2.75) is 32.8 Å². The molecular formula is C19H19ClFNO2S. The third-order valence-electron chi connectivity index (χ3n) is 3.18. The molecule has 0 aliphatic carbocycles. The zero-order chi connectivity index (χ0) is 18.6. The van der Waals surface area contributed by atoms with Gasteiger partial charge < -0.3 is 10.1 Å². The van der Waals surface area contributed by atoms with E-state index in [1.807, 2.05) is 20.8 Å². The van der Waals surface area contributed by atoms with Crippen LogP contribution in [0.5, 0.6) is 0 Å². The van der Waals surface area contributed by atoms with Crippen molar-refractivity contribution < 1.29 is 13.9 Å². The van der Waals surface area contributed by atoms with Crippen LogP contribution in [0.3, 0.4) is 0 Å². The fourth-order valence-electron chi connectivity index (χ4n) is 2.14. The van der Waals surface area contributed by atoms with Crippen molar-refractivity contribution in [2.75, 3.05) is 5.32 Å². The quantitative estimate of drug-likeness (QED) is 0.721. The van der Waals surface area contributed by atoms with Gasteiger partial charge in [-0.2, -0.15) is 0 Å². The first-order valence-electron chi connectivity index (χ1n) is 7.72. The number of carbonyl (C=O) groups is 1. The summed E-state index contributed by atoms with van der Waals surface area (Å²) in [6.07, 6.45) is 0.250. The molecule has 1 N–H and O–H groups in total. The second-order valence-electron chi connectivity index (χ2n) is 6.51. The molecule has 0 heterocycles. The summed E-state index contributed by atoms with van der Waals surface area (Å²) in [5.74, 6) is -1.01. The maximum atomic E-state index is 14.2. The van der Waals surface area contributed by atoms with Crippen molar-refractivity contribution in [2.24, 2.45) is 0 Å². The van der Waals surface area contributed by atoms with Crippen LogP contribution >= 0.6 is 23.8 Å². The molecule has 2 aromatic rings. The Morgan fingerprint density at radius 1 is 1.24 bits per heavy atom. The van der Waals surface area contributed by atoms with Crippen LogP contribution in [0, 0.1) is 5.82 Å². The molecule has 0 aliphatic heterocycles. The summed E-state index contributed by atoms with van der Waals surface area (Å²) in [7, 11) is 0. The molecule has 0 atom stereocenters. The standard InChI is InChI=1S/C19H19ClFNO2S/c1-19(2,3)24-17(25)10-13-9-16(15(21)11-14(13)20)22-18(23)12-7-5-4-6-8-12/h4-9,11H,10H2,1-3H3,(H,22,23). The van der Waals surface area contributed by atoms with E-state index in [4.69, 9.17) is 28.6 Å². The van der Waals surface area contributed by atoms with Crippen molar-refractivity contribution in [3.05, 3.63) is 64.4 Å². The van der Waals surface area contributed by atoms with Gasteiger partial charge in [0, 0.05) is 17.0 Å². The first-order chi connectivity index (χ1) is 11.7. The minimum atomic E-state index is -0.610. The van der Waals surface area contributed by atoms with E-state index in [0.29, 0.717) is 16.2 Å². The maximum Gasteiger partial charge on any atom is 0.255 e. The van der Waals surface area contributed by atoms with Crippen molar-refractivity contribution in [1.82, 2.24) is 0 Å². The average Bonchev–Trinajstić information content (AvgIpc) is 2.51. The Labute approximate surface area is 157 Å². The Kier molecular flexibility index (Phi) is 6.14. The minimum absolute atomic E-state index is 0.0480. The van der Waals surface area contributed by atoms with Crippen LogP contribution in [0.2, 0.25) is 5.02 Å². The lowest BCUT2D eigenvalue weighted by Gasteiger charge is -2.22. The lowest BCUT2D eigenvalue weighted by Crippen LogP contribution is -2.24. The highest BCUT2D eigenvalue weighted by atomic mass is 35.5. The van der Waals surface area contributed by atoms with Crippen LogP contribution in [-0.2, 0) is 11.2 Å². The van der Waals surface area contributed by atoms with Crippen LogP contribution < -0.4 is 5.32 Å². The normalized spacial score (nSPS) is 11.1. The number of anilines is 1. The summed E-state index contributed by atoms with van der Waals surface area (Å²) in [6.45, 7) is 5.66. The molecule has 0 bridgehead atoms. The number of amides is 1. The highest BCUT2D eigenvalue weighted by molar-refractivity contribution is 7.80. The zero-order valence-electron chi connectivity index (χ0n) is 14.2. The van der Waals surface area contributed by atoms with Crippen molar-refractivity contribution >= 4 is 40.5 Å². The van der Waals surface area contributed by atoms with E-state index in [2.05, 4.69) is 5.32 Å². The van der Waals surface area contributed by atoms with E-state index in [1.165, 1.54) is 6.07 Å². The smallest absolute Gasteiger partial charge is 0.255 e. The Morgan fingerprint density at radius 2 is 1.88 bits per heavy atom. The van der Waals surface area contributed by atoms with E-state index in [1.54, 1.807) is 30.3 Å². The number of rotatable bonds is 4. The third kappa shape index (κ3) is 5.80. The van der Waals surface area contributed by atoms with Gasteiger partial charge in [-0.15, -0.1) is 0 Å². The molecule has 0 aromatic heterocycles. The zero-order valence-corrected chi connectivity index (χ0v) is 15.8. The summed E-state index contributed by atoms with van der Waals surface area (Å²) in [5.41, 5.74) is 0.644. The first-order valence-corrected chi connectivity index (χ1v) is 8.50. The molecule has 0 saturated heterocycles. The number of halogens is 2. The molecule has 132 valence electrons. The van der Waals surface area contributed by atoms with Gasteiger partial charge in [-0.25, -0.2) is 4.39 Å². The van der Waals surface area contributed by atoms with Crippen molar-refractivity contribution in [3.8, 4) is 0 Å². The second-order valence-corrected chi connectivity index (χ2v) is 7.37. The molecular weight excluding hydrogens is 361 g/mol. The van der Waals surface area contributed by atoms with Crippen LogP contribution in [0.4, 0.5) is 10.1 Å². The van der Waals surface area contributed by atoms with Gasteiger partial charge in [-0.05, 0) is 62.8 Å². The predicted molar refractivity (Wildman–Crippen MR) is 103 cm³/mol. The van der Waals surface area contributed by atoms with E-state index in [-0.39, 0.29) is 17.1 Å². The summed E-state index contributed by atoms with van der Waals surface area (Å²) in [6, 6.07) is 11.2. The molecule has 2 rings (SSSR count). The second kappa shape index (κ2) is 7.93. The molecule has 0 unspecified atom stereocenters. The number of benzene rings is 2. The fraction of sp³-hybridized carbons (Fsp3) is 0.263. The van der Waals surface area contributed by atoms with Crippen LogP contribution in [0.25, 0.3) is 0 Å². The average molecular weight is 380 g/mol. The highest BCUT2D eigenvalue weighted by Gasteiger charge is 2.17. The van der Waals surface area contributed by atoms with Gasteiger partial charge in [0.2, 0.25) is 0 Å².